The van der Waals surface area contributed by atoms with Gasteiger partial charge in [-0.15, -0.1) is 0 Å². The molecule has 0 unspecified atom stereocenters. The molecule has 0 aliphatic rings. The monoisotopic (exact) mass is 254 g/mol. The molecule has 102 valence electrons. The minimum atomic E-state index is 0.124. The zero-order valence-corrected chi connectivity index (χ0v) is 11.1. The van der Waals surface area contributed by atoms with Gasteiger partial charge in [0.2, 0.25) is 0 Å². The Morgan fingerprint density at radius 3 is 2.28 bits per heavy atom. The van der Waals surface area contributed by atoms with E-state index >= 15 is 0 Å². The molecule has 0 aliphatic heterocycles. The zero-order valence-electron chi connectivity index (χ0n) is 11.1. The van der Waals surface area contributed by atoms with E-state index in [1.54, 1.807) is 26.4 Å². The van der Waals surface area contributed by atoms with Crippen LogP contribution in [0.5, 0.6) is 5.75 Å². The Kier molecular flexibility index (Phi) is 6.49. The lowest BCUT2D eigenvalue weighted by Crippen LogP contribution is -2.30. The molecule has 0 atom stereocenters. The Bertz CT molecular complexity index is 350. The Labute approximate surface area is 108 Å². The van der Waals surface area contributed by atoms with Gasteiger partial charge in [0.25, 0.3) is 0 Å². The number of benzene rings is 1. The maximum Gasteiger partial charge on any atom is 0.138 e. The molecule has 0 fully saturated rings. The highest BCUT2D eigenvalue weighted by molar-refractivity contribution is 5.53. The summed E-state index contributed by atoms with van der Waals surface area (Å²) in [6.45, 7) is 3.78. The van der Waals surface area contributed by atoms with E-state index in [1.807, 2.05) is 6.07 Å². The van der Waals surface area contributed by atoms with Gasteiger partial charge in [-0.1, -0.05) is 6.07 Å². The second-order valence-corrected chi connectivity index (χ2v) is 4.15. The summed E-state index contributed by atoms with van der Waals surface area (Å²) >= 11 is 0. The van der Waals surface area contributed by atoms with Gasteiger partial charge in [0, 0.05) is 33.9 Å². The van der Waals surface area contributed by atoms with E-state index in [0.717, 1.165) is 25.2 Å². The summed E-state index contributed by atoms with van der Waals surface area (Å²) in [4.78, 5) is 2.22. The largest absolute Gasteiger partial charge is 0.506 e. The summed E-state index contributed by atoms with van der Waals surface area (Å²) in [5, 5.41) is 9.38. The van der Waals surface area contributed by atoms with Crippen LogP contribution in [-0.2, 0) is 16.0 Å². The molecule has 5 nitrogen and oxygen atoms in total. The van der Waals surface area contributed by atoms with Crippen LogP contribution in [0.3, 0.4) is 0 Å². The van der Waals surface area contributed by atoms with Crippen molar-refractivity contribution in [3.05, 3.63) is 23.8 Å². The average molecular weight is 254 g/mol. The Morgan fingerprint density at radius 1 is 1.17 bits per heavy atom. The minimum absolute atomic E-state index is 0.124. The molecule has 1 rings (SSSR count). The van der Waals surface area contributed by atoms with Crippen LogP contribution in [0.1, 0.15) is 5.56 Å². The summed E-state index contributed by atoms with van der Waals surface area (Å²) in [5.74, 6) is 0.124. The molecule has 0 amide bonds. The fourth-order valence-corrected chi connectivity index (χ4v) is 1.67. The summed E-state index contributed by atoms with van der Waals surface area (Å²) < 4.78 is 10.2. The van der Waals surface area contributed by atoms with Crippen molar-refractivity contribution in [2.24, 2.45) is 0 Å². The van der Waals surface area contributed by atoms with Crippen LogP contribution in [0.15, 0.2) is 18.2 Å². The van der Waals surface area contributed by atoms with Gasteiger partial charge in [0.1, 0.15) is 5.75 Å². The number of nitrogen functional groups attached to an aromatic ring is 1. The highest BCUT2D eigenvalue weighted by Gasteiger charge is 2.07. The number of ether oxygens (including phenoxy) is 2. The summed E-state index contributed by atoms with van der Waals surface area (Å²) in [6, 6.07) is 5.29. The molecule has 0 saturated heterocycles. The molecule has 0 spiro atoms. The van der Waals surface area contributed by atoms with Crippen LogP contribution < -0.4 is 5.73 Å². The van der Waals surface area contributed by atoms with Crippen molar-refractivity contribution in [1.29, 1.82) is 0 Å². The van der Waals surface area contributed by atoms with Crippen LogP contribution in [0.25, 0.3) is 0 Å². The topological polar surface area (TPSA) is 68.0 Å². The fourth-order valence-electron chi connectivity index (χ4n) is 1.67. The van der Waals surface area contributed by atoms with Crippen LogP contribution >= 0.6 is 0 Å². The van der Waals surface area contributed by atoms with Gasteiger partial charge in [-0.05, 0) is 17.7 Å². The standard InChI is InChI=1S/C13H22N2O3/c1-17-7-5-15(6-8-18-2)10-11-3-4-13(16)12(14)9-11/h3-4,9,16H,5-8,10,14H2,1-2H3. The third-order valence-corrected chi connectivity index (χ3v) is 2.72. The zero-order chi connectivity index (χ0) is 13.4. The van der Waals surface area contributed by atoms with E-state index in [2.05, 4.69) is 4.90 Å². The molecule has 0 bridgehead atoms. The third-order valence-electron chi connectivity index (χ3n) is 2.72. The number of aromatic hydroxyl groups is 1. The minimum Gasteiger partial charge on any atom is -0.506 e. The predicted molar refractivity (Wildman–Crippen MR) is 71.5 cm³/mol. The summed E-state index contributed by atoms with van der Waals surface area (Å²) in [7, 11) is 3.38. The SMILES string of the molecule is COCCN(CCOC)Cc1ccc(O)c(N)c1. The molecule has 0 aliphatic carbocycles. The number of anilines is 1. The average Bonchev–Trinajstić information content (AvgIpc) is 2.37. The van der Waals surface area contributed by atoms with Gasteiger partial charge < -0.3 is 20.3 Å². The van der Waals surface area contributed by atoms with E-state index in [0.29, 0.717) is 18.9 Å². The van der Waals surface area contributed by atoms with E-state index in [1.165, 1.54) is 0 Å². The molecule has 0 saturated carbocycles. The van der Waals surface area contributed by atoms with E-state index in [9.17, 15) is 5.11 Å². The smallest absolute Gasteiger partial charge is 0.138 e. The van der Waals surface area contributed by atoms with Gasteiger partial charge in [-0.25, -0.2) is 0 Å². The predicted octanol–water partition coefficient (Wildman–Crippen LogP) is 1.07. The lowest BCUT2D eigenvalue weighted by Gasteiger charge is -2.21. The molecule has 18 heavy (non-hydrogen) atoms. The third kappa shape index (κ3) is 4.91. The Morgan fingerprint density at radius 2 is 1.78 bits per heavy atom. The molecule has 0 radical (unpaired) electrons. The molecule has 1 aromatic rings. The first-order valence-corrected chi connectivity index (χ1v) is 5.95. The molecular weight excluding hydrogens is 232 g/mol. The van der Waals surface area contributed by atoms with Crippen LogP contribution in [0, 0.1) is 0 Å². The van der Waals surface area contributed by atoms with Crippen molar-refractivity contribution >= 4 is 5.69 Å². The van der Waals surface area contributed by atoms with Crippen molar-refractivity contribution in [2.45, 2.75) is 6.54 Å². The van der Waals surface area contributed by atoms with Gasteiger partial charge in [-0.3, -0.25) is 4.90 Å². The molecular formula is C13H22N2O3. The lowest BCUT2D eigenvalue weighted by atomic mass is 10.1. The molecule has 0 heterocycles. The first kappa shape index (κ1) is 14.8. The second kappa shape index (κ2) is 7.92. The quantitative estimate of drug-likeness (QED) is 0.536. The van der Waals surface area contributed by atoms with Crippen LogP contribution in [0.2, 0.25) is 0 Å². The second-order valence-electron chi connectivity index (χ2n) is 4.15. The van der Waals surface area contributed by atoms with Crippen LogP contribution in [-0.4, -0.2) is 50.5 Å². The van der Waals surface area contributed by atoms with Crippen molar-refractivity contribution in [3.63, 3.8) is 0 Å². The van der Waals surface area contributed by atoms with Gasteiger partial charge in [0.05, 0.1) is 18.9 Å². The van der Waals surface area contributed by atoms with E-state index < -0.39 is 0 Å². The van der Waals surface area contributed by atoms with E-state index in [4.69, 9.17) is 15.2 Å². The maximum atomic E-state index is 9.38. The van der Waals surface area contributed by atoms with Crippen molar-refractivity contribution < 1.29 is 14.6 Å². The maximum absolute atomic E-state index is 9.38. The van der Waals surface area contributed by atoms with Crippen molar-refractivity contribution in [3.8, 4) is 5.75 Å². The highest BCUT2D eigenvalue weighted by atomic mass is 16.5. The Balaban J connectivity index is 2.59. The molecule has 5 heteroatoms. The van der Waals surface area contributed by atoms with Crippen molar-refractivity contribution in [1.82, 2.24) is 4.90 Å². The number of nitrogens with two attached hydrogens (primary N) is 1. The normalized spacial score (nSPS) is 11.1. The van der Waals surface area contributed by atoms with Gasteiger partial charge in [0.15, 0.2) is 0 Å². The number of phenols is 1. The van der Waals surface area contributed by atoms with Crippen LogP contribution in [0.4, 0.5) is 5.69 Å². The number of hydrogen-bond acceptors (Lipinski definition) is 5. The molecule has 0 aromatic heterocycles. The molecule has 1 aromatic carbocycles. The first-order chi connectivity index (χ1) is 8.67. The highest BCUT2D eigenvalue weighted by Crippen LogP contribution is 2.21. The molecule has 3 N–H and O–H groups in total. The number of phenolic OH excluding ortho intramolecular Hbond substituents is 1. The Hall–Kier alpha value is -1.30. The van der Waals surface area contributed by atoms with E-state index in [-0.39, 0.29) is 5.75 Å². The van der Waals surface area contributed by atoms with Crippen molar-refractivity contribution in [2.75, 3.05) is 46.3 Å². The summed E-state index contributed by atoms with van der Waals surface area (Å²) in [5.41, 5.74) is 7.15. The number of rotatable bonds is 8. The number of methoxy groups -OCH3 is 2. The summed E-state index contributed by atoms with van der Waals surface area (Å²) in [6.07, 6.45) is 0. The van der Waals surface area contributed by atoms with Gasteiger partial charge >= 0.3 is 0 Å². The first-order valence-electron chi connectivity index (χ1n) is 5.95. The number of nitrogens with zero attached hydrogens (tertiary/aromatic N) is 1. The lowest BCUT2D eigenvalue weighted by molar-refractivity contribution is 0.110. The van der Waals surface area contributed by atoms with Gasteiger partial charge in [-0.2, -0.15) is 0 Å². The fraction of sp³-hybridized carbons (Fsp3) is 0.538. The number of hydrogen-bond donors (Lipinski definition) is 2.